The number of nitrogens with zero attached hydrogens (tertiary/aromatic N) is 2. The summed E-state index contributed by atoms with van der Waals surface area (Å²) in [6.45, 7) is 4.17. The summed E-state index contributed by atoms with van der Waals surface area (Å²) in [5, 5.41) is 7.33. The second kappa shape index (κ2) is 5.16. The lowest BCUT2D eigenvalue weighted by molar-refractivity contribution is 0.664. The van der Waals surface area contributed by atoms with Crippen LogP contribution in [-0.2, 0) is 7.05 Å². The van der Waals surface area contributed by atoms with Crippen molar-refractivity contribution in [3.05, 3.63) is 21.6 Å². The Hall–Kier alpha value is -1.03. The van der Waals surface area contributed by atoms with E-state index in [-0.39, 0.29) is 10.6 Å². The van der Waals surface area contributed by atoms with E-state index in [1.165, 1.54) is 4.68 Å². The van der Waals surface area contributed by atoms with E-state index < -0.39 is 0 Å². The van der Waals surface area contributed by atoms with Crippen LogP contribution in [0.1, 0.15) is 26.7 Å². The third-order valence-corrected chi connectivity index (χ3v) is 2.79. The van der Waals surface area contributed by atoms with Crippen LogP contribution >= 0.6 is 11.6 Å². The van der Waals surface area contributed by atoms with Crippen molar-refractivity contribution in [1.29, 1.82) is 0 Å². The molecule has 0 bridgehead atoms. The molecule has 1 N–H and O–H groups in total. The van der Waals surface area contributed by atoms with Gasteiger partial charge in [0.15, 0.2) is 0 Å². The Labute approximate surface area is 94.3 Å². The van der Waals surface area contributed by atoms with Gasteiger partial charge in [0.2, 0.25) is 0 Å². The van der Waals surface area contributed by atoms with Crippen molar-refractivity contribution >= 4 is 17.3 Å². The molecular weight excluding hydrogens is 214 g/mol. The van der Waals surface area contributed by atoms with Crippen molar-refractivity contribution in [1.82, 2.24) is 9.78 Å². The van der Waals surface area contributed by atoms with E-state index in [9.17, 15) is 4.79 Å². The molecule has 1 aromatic rings. The first-order valence-electron chi connectivity index (χ1n) is 5.08. The Kier molecular flexibility index (Phi) is 4.15. The van der Waals surface area contributed by atoms with Crippen molar-refractivity contribution < 1.29 is 0 Å². The monoisotopic (exact) mass is 229 g/mol. The summed E-state index contributed by atoms with van der Waals surface area (Å²) in [4.78, 5) is 11.5. The van der Waals surface area contributed by atoms with Crippen LogP contribution in [0.5, 0.6) is 0 Å². The molecule has 0 atom stereocenters. The highest BCUT2D eigenvalue weighted by molar-refractivity contribution is 6.32. The minimum Gasteiger partial charge on any atom is -0.380 e. The van der Waals surface area contributed by atoms with Crippen LogP contribution in [0.15, 0.2) is 11.0 Å². The minimum atomic E-state index is -0.271. The molecule has 0 saturated carbocycles. The van der Waals surface area contributed by atoms with Crippen LogP contribution in [0, 0.1) is 0 Å². The lowest BCUT2D eigenvalue weighted by atomic mass is 10.1. The Morgan fingerprint density at radius 1 is 1.53 bits per heavy atom. The van der Waals surface area contributed by atoms with Crippen molar-refractivity contribution in [2.45, 2.75) is 32.7 Å². The highest BCUT2D eigenvalue weighted by Crippen LogP contribution is 2.17. The molecule has 1 heterocycles. The summed E-state index contributed by atoms with van der Waals surface area (Å²) >= 11 is 5.92. The second-order valence-electron chi connectivity index (χ2n) is 3.46. The number of anilines is 1. The molecule has 4 nitrogen and oxygen atoms in total. The van der Waals surface area contributed by atoms with E-state index >= 15 is 0 Å². The number of aryl methyl sites for hydroxylation is 1. The largest absolute Gasteiger partial charge is 0.380 e. The molecule has 15 heavy (non-hydrogen) atoms. The molecule has 0 aromatic carbocycles. The van der Waals surface area contributed by atoms with E-state index in [1.807, 2.05) is 0 Å². The molecule has 0 spiro atoms. The number of hydrogen-bond acceptors (Lipinski definition) is 3. The van der Waals surface area contributed by atoms with Crippen LogP contribution in [-0.4, -0.2) is 15.8 Å². The molecule has 5 heteroatoms. The van der Waals surface area contributed by atoms with Gasteiger partial charge < -0.3 is 5.32 Å². The molecule has 1 aromatic heterocycles. The van der Waals surface area contributed by atoms with E-state index in [1.54, 1.807) is 13.2 Å². The standard InChI is InChI=1S/C10H16ClN3O/c1-4-7(5-2)13-8-6-12-14(3)10(15)9(8)11/h6-7,13H,4-5H2,1-3H3. The van der Waals surface area contributed by atoms with E-state index in [4.69, 9.17) is 11.6 Å². The van der Waals surface area contributed by atoms with Crippen molar-refractivity contribution in [3.63, 3.8) is 0 Å². The Bertz CT molecular complexity index is 385. The van der Waals surface area contributed by atoms with Crippen LogP contribution in [0.25, 0.3) is 0 Å². The Balaban J connectivity index is 2.96. The third-order valence-electron chi connectivity index (χ3n) is 2.42. The molecule has 84 valence electrons. The first kappa shape index (κ1) is 12.0. The molecule has 0 aliphatic carbocycles. The molecule has 0 fully saturated rings. The topological polar surface area (TPSA) is 46.9 Å². The van der Waals surface area contributed by atoms with Crippen molar-refractivity contribution in [2.24, 2.45) is 7.05 Å². The molecule has 0 radical (unpaired) electrons. The maximum atomic E-state index is 11.5. The molecule has 0 aliphatic rings. The fourth-order valence-corrected chi connectivity index (χ4v) is 1.55. The van der Waals surface area contributed by atoms with Crippen LogP contribution < -0.4 is 10.9 Å². The SMILES string of the molecule is CCC(CC)Nc1cnn(C)c(=O)c1Cl. The quantitative estimate of drug-likeness (QED) is 0.860. The summed E-state index contributed by atoms with van der Waals surface area (Å²) in [7, 11) is 1.58. The highest BCUT2D eigenvalue weighted by Gasteiger charge is 2.10. The van der Waals surface area contributed by atoms with Gasteiger partial charge in [-0.05, 0) is 12.8 Å². The first-order chi connectivity index (χ1) is 7.10. The van der Waals surface area contributed by atoms with Gasteiger partial charge in [-0.3, -0.25) is 4.79 Å². The average Bonchev–Trinajstić information content (AvgIpc) is 2.25. The van der Waals surface area contributed by atoms with E-state index in [2.05, 4.69) is 24.3 Å². The van der Waals surface area contributed by atoms with E-state index in [0.29, 0.717) is 11.7 Å². The summed E-state index contributed by atoms with van der Waals surface area (Å²) < 4.78 is 1.22. The maximum Gasteiger partial charge on any atom is 0.287 e. The van der Waals surface area contributed by atoms with Crippen LogP contribution in [0.4, 0.5) is 5.69 Å². The Morgan fingerprint density at radius 3 is 2.67 bits per heavy atom. The normalized spacial score (nSPS) is 10.7. The van der Waals surface area contributed by atoms with Crippen molar-refractivity contribution in [3.8, 4) is 0 Å². The molecule has 0 saturated heterocycles. The molecular formula is C10H16ClN3O. The maximum absolute atomic E-state index is 11.5. The summed E-state index contributed by atoms with van der Waals surface area (Å²) in [5.41, 5.74) is 0.348. The summed E-state index contributed by atoms with van der Waals surface area (Å²) in [6, 6.07) is 0.330. The minimum absolute atomic E-state index is 0.208. The molecule has 0 aliphatic heterocycles. The lowest BCUT2D eigenvalue weighted by Crippen LogP contribution is -2.24. The first-order valence-corrected chi connectivity index (χ1v) is 5.46. The predicted octanol–water partition coefficient (Wildman–Crippen LogP) is 2.03. The number of hydrogen-bond donors (Lipinski definition) is 1. The summed E-state index contributed by atoms with van der Waals surface area (Å²) in [6.07, 6.45) is 3.56. The average molecular weight is 230 g/mol. The molecule has 1 rings (SSSR count). The zero-order chi connectivity index (χ0) is 11.4. The number of nitrogens with one attached hydrogen (secondary N) is 1. The number of halogens is 1. The fourth-order valence-electron chi connectivity index (χ4n) is 1.32. The van der Waals surface area contributed by atoms with Gasteiger partial charge in [0, 0.05) is 13.1 Å². The lowest BCUT2D eigenvalue weighted by Gasteiger charge is -2.16. The van der Waals surface area contributed by atoms with Gasteiger partial charge in [-0.1, -0.05) is 25.4 Å². The fraction of sp³-hybridized carbons (Fsp3) is 0.600. The zero-order valence-corrected chi connectivity index (χ0v) is 10.0. The van der Waals surface area contributed by atoms with Gasteiger partial charge in [0.25, 0.3) is 5.56 Å². The van der Waals surface area contributed by atoms with Crippen LogP contribution in [0.2, 0.25) is 5.02 Å². The van der Waals surface area contributed by atoms with Gasteiger partial charge in [-0.15, -0.1) is 0 Å². The van der Waals surface area contributed by atoms with E-state index in [0.717, 1.165) is 12.8 Å². The van der Waals surface area contributed by atoms with Crippen LogP contribution in [0.3, 0.4) is 0 Å². The highest BCUT2D eigenvalue weighted by atomic mass is 35.5. The third kappa shape index (κ3) is 2.72. The number of rotatable bonds is 4. The van der Waals surface area contributed by atoms with Crippen molar-refractivity contribution in [2.75, 3.05) is 5.32 Å². The Morgan fingerprint density at radius 2 is 2.13 bits per heavy atom. The second-order valence-corrected chi connectivity index (χ2v) is 3.84. The smallest absolute Gasteiger partial charge is 0.287 e. The molecule has 0 unspecified atom stereocenters. The predicted molar refractivity (Wildman–Crippen MR) is 62.5 cm³/mol. The van der Waals surface area contributed by atoms with Gasteiger partial charge in [0.05, 0.1) is 11.9 Å². The van der Waals surface area contributed by atoms with Gasteiger partial charge in [-0.2, -0.15) is 5.10 Å². The molecule has 0 amide bonds. The summed E-state index contributed by atoms with van der Waals surface area (Å²) in [5.74, 6) is 0. The van der Waals surface area contributed by atoms with Gasteiger partial charge in [-0.25, -0.2) is 4.68 Å². The number of aromatic nitrogens is 2. The van der Waals surface area contributed by atoms with Gasteiger partial charge in [0.1, 0.15) is 5.02 Å². The zero-order valence-electron chi connectivity index (χ0n) is 9.25. The van der Waals surface area contributed by atoms with Gasteiger partial charge >= 0.3 is 0 Å².